The third-order valence-electron chi connectivity index (χ3n) is 3.03. The maximum absolute atomic E-state index is 11.3. The van der Waals surface area contributed by atoms with Crippen molar-refractivity contribution < 1.29 is 4.79 Å². The predicted molar refractivity (Wildman–Crippen MR) is 69.3 cm³/mol. The van der Waals surface area contributed by atoms with Gasteiger partial charge < -0.3 is 10.6 Å². The number of hydrogen-bond acceptors (Lipinski definition) is 2. The number of amides is 1. The van der Waals surface area contributed by atoms with E-state index < -0.39 is 0 Å². The van der Waals surface area contributed by atoms with Gasteiger partial charge in [0.2, 0.25) is 5.91 Å². The molecule has 1 amide bonds. The number of carbonyl (C=O) groups is 1. The van der Waals surface area contributed by atoms with Gasteiger partial charge in [-0.25, -0.2) is 0 Å². The number of rotatable bonds is 4. The Morgan fingerprint density at radius 1 is 1.41 bits per heavy atom. The SMILES string of the molecule is CCNC(=O)CNC1Cc2ccc(Cl)cc2C1. The molecule has 0 saturated heterocycles. The summed E-state index contributed by atoms with van der Waals surface area (Å²) in [5.74, 6) is 0.0569. The van der Waals surface area contributed by atoms with E-state index in [9.17, 15) is 4.79 Å². The molecule has 0 saturated carbocycles. The maximum Gasteiger partial charge on any atom is 0.233 e. The zero-order valence-corrected chi connectivity index (χ0v) is 10.7. The Balaban J connectivity index is 1.86. The van der Waals surface area contributed by atoms with Gasteiger partial charge >= 0.3 is 0 Å². The fraction of sp³-hybridized carbons (Fsp3) is 0.462. The van der Waals surface area contributed by atoms with Crippen molar-refractivity contribution in [3.8, 4) is 0 Å². The first-order valence-corrected chi connectivity index (χ1v) is 6.34. The highest BCUT2D eigenvalue weighted by molar-refractivity contribution is 6.30. The third kappa shape index (κ3) is 3.20. The van der Waals surface area contributed by atoms with E-state index in [1.165, 1.54) is 11.1 Å². The molecule has 0 radical (unpaired) electrons. The number of likely N-dealkylation sites (N-methyl/N-ethyl adjacent to an activating group) is 1. The monoisotopic (exact) mass is 252 g/mol. The van der Waals surface area contributed by atoms with E-state index in [1.807, 2.05) is 19.1 Å². The average Bonchev–Trinajstić information content (AvgIpc) is 2.68. The van der Waals surface area contributed by atoms with Crippen molar-refractivity contribution in [3.05, 3.63) is 34.3 Å². The minimum atomic E-state index is 0.0569. The largest absolute Gasteiger partial charge is 0.355 e. The molecule has 0 bridgehead atoms. The van der Waals surface area contributed by atoms with Gasteiger partial charge in [0, 0.05) is 17.6 Å². The Labute approximate surface area is 107 Å². The lowest BCUT2D eigenvalue weighted by Crippen LogP contribution is -2.39. The summed E-state index contributed by atoms with van der Waals surface area (Å²) in [6.07, 6.45) is 1.93. The fourth-order valence-corrected chi connectivity index (χ4v) is 2.42. The standard InChI is InChI=1S/C13H17ClN2O/c1-2-15-13(17)8-16-12-6-9-3-4-11(14)5-10(9)7-12/h3-5,12,16H,2,6-8H2,1H3,(H,15,17). The molecule has 17 heavy (non-hydrogen) atoms. The molecule has 0 fully saturated rings. The first kappa shape index (κ1) is 12.4. The van der Waals surface area contributed by atoms with Gasteiger partial charge in [-0.2, -0.15) is 0 Å². The molecule has 2 rings (SSSR count). The van der Waals surface area contributed by atoms with Crippen LogP contribution in [0.1, 0.15) is 18.1 Å². The van der Waals surface area contributed by atoms with Gasteiger partial charge in [-0.15, -0.1) is 0 Å². The quantitative estimate of drug-likeness (QED) is 0.854. The predicted octanol–water partition coefficient (Wildman–Crippen LogP) is 1.53. The highest BCUT2D eigenvalue weighted by Crippen LogP contribution is 2.25. The first-order valence-electron chi connectivity index (χ1n) is 5.96. The lowest BCUT2D eigenvalue weighted by molar-refractivity contribution is -0.120. The van der Waals surface area contributed by atoms with E-state index in [-0.39, 0.29) is 5.91 Å². The maximum atomic E-state index is 11.3. The van der Waals surface area contributed by atoms with E-state index in [0.29, 0.717) is 19.1 Å². The van der Waals surface area contributed by atoms with Crippen LogP contribution in [0.4, 0.5) is 0 Å². The lowest BCUT2D eigenvalue weighted by Gasteiger charge is -2.11. The van der Waals surface area contributed by atoms with Crippen LogP contribution in [0.15, 0.2) is 18.2 Å². The highest BCUT2D eigenvalue weighted by atomic mass is 35.5. The third-order valence-corrected chi connectivity index (χ3v) is 3.26. The molecule has 0 aromatic heterocycles. The van der Waals surface area contributed by atoms with Crippen LogP contribution in [0.2, 0.25) is 5.02 Å². The lowest BCUT2D eigenvalue weighted by atomic mass is 10.1. The minimum Gasteiger partial charge on any atom is -0.355 e. The van der Waals surface area contributed by atoms with Crippen LogP contribution in [0.5, 0.6) is 0 Å². The molecular formula is C13H17ClN2O. The number of nitrogens with one attached hydrogen (secondary N) is 2. The highest BCUT2D eigenvalue weighted by Gasteiger charge is 2.21. The van der Waals surface area contributed by atoms with Crippen molar-refractivity contribution in [2.24, 2.45) is 0 Å². The van der Waals surface area contributed by atoms with Crippen LogP contribution in [-0.4, -0.2) is 25.0 Å². The summed E-state index contributed by atoms with van der Waals surface area (Å²) in [7, 11) is 0. The zero-order chi connectivity index (χ0) is 12.3. The minimum absolute atomic E-state index is 0.0569. The van der Waals surface area contributed by atoms with E-state index in [1.54, 1.807) is 0 Å². The van der Waals surface area contributed by atoms with Gasteiger partial charge in [-0.05, 0) is 43.0 Å². The molecule has 0 spiro atoms. The number of benzene rings is 1. The first-order chi connectivity index (χ1) is 8.19. The van der Waals surface area contributed by atoms with Crippen LogP contribution in [-0.2, 0) is 17.6 Å². The van der Waals surface area contributed by atoms with Gasteiger partial charge in [0.25, 0.3) is 0 Å². The van der Waals surface area contributed by atoms with Gasteiger partial charge in [0.1, 0.15) is 0 Å². The van der Waals surface area contributed by atoms with E-state index in [2.05, 4.69) is 16.7 Å². The molecule has 1 aliphatic carbocycles. The van der Waals surface area contributed by atoms with Crippen molar-refractivity contribution in [3.63, 3.8) is 0 Å². The second-order valence-electron chi connectivity index (χ2n) is 4.35. The van der Waals surface area contributed by atoms with E-state index in [4.69, 9.17) is 11.6 Å². The average molecular weight is 253 g/mol. The van der Waals surface area contributed by atoms with E-state index >= 15 is 0 Å². The van der Waals surface area contributed by atoms with Crippen LogP contribution >= 0.6 is 11.6 Å². The molecule has 1 aliphatic rings. The normalized spacial score (nSPS) is 17.9. The van der Waals surface area contributed by atoms with Crippen LogP contribution in [0.25, 0.3) is 0 Å². The summed E-state index contributed by atoms with van der Waals surface area (Å²) < 4.78 is 0. The van der Waals surface area contributed by atoms with Gasteiger partial charge in [0.15, 0.2) is 0 Å². The summed E-state index contributed by atoms with van der Waals surface area (Å²) in [5, 5.41) is 6.84. The number of hydrogen-bond donors (Lipinski definition) is 2. The van der Waals surface area contributed by atoms with Crippen LogP contribution in [0.3, 0.4) is 0 Å². The second-order valence-corrected chi connectivity index (χ2v) is 4.79. The molecular weight excluding hydrogens is 236 g/mol. The van der Waals surface area contributed by atoms with Crippen LogP contribution < -0.4 is 10.6 Å². The molecule has 92 valence electrons. The Bertz CT molecular complexity index is 420. The molecule has 0 heterocycles. The molecule has 1 atom stereocenters. The molecule has 2 N–H and O–H groups in total. The van der Waals surface area contributed by atoms with Gasteiger partial charge in [-0.3, -0.25) is 4.79 Å². The smallest absolute Gasteiger partial charge is 0.233 e. The number of halogens is 1. The summed E-state index contributed by atoms with van der Waals surface area (Å²) >= 11 is 5.96. The fourth-order valence-electron chi connectivity index (χ4n) is 2.23. The number of fused-ring (bicyclic) bond motifs is 1. The molecule has 4 heteroatoms. The topological polar surface area (TPSA) is 41.1 Å². The Morgan fingerprint density at radius 3 is 2.94 bits per heavy atom. The molecule has 1 aromatic rings. The second kappa shape index (κ2) is 5.52. The Kier molecular flexibility index (Phi) is 4.02. The summed E-state index contributed by atoms with van der Waals surface area (Å²) in [4.78, 5) is 11.3. The van der Waals surface area contributed by atoms with Gasteiger partial charge in [0.05, 0.1) is 6.54 Å². The van der Waals surface area contributed by atoms with Crippen molar-refractivity contribution in [2.75, 3.05) is 13.1 Å². The Morgan fingerprint density at radius 2 is 2.18 bits per heavy atom. The molecule has 1 unspecified atom stereocenters. The zero-order valence-electron chi connectivity index (χ0n) is 9.92. The van der Waals surface area contributed by atoms with E-state index in [0.717, 1.165) is 17.9 Å². The summed E-state index contributed by atoms with van der Waals surface area (Å²) in [6.45, 7) is 2.99. The number of carbonyl (C=O) groups excluding carboxylic acids is 1. The Hall–Kier alpha value is -1.06. The van der Waals surface area contributed by atoms with Crippen molar-refractivity contribution >= 4 is 17.5 Å². The summed E-state index contributed by atoms with van der Waals surface area (Å²) in [5.41, 5.74) is 2.63. The molecule has 1 aromatic carbocycles. The van der Waals surface area contributed by atoms with Gasteiger partial charge in [-0.1, -0.05) is 17.7 Å². The molecule has 3 nitrogen and oxygen atoms in total. The van der Waals surface area contributed by atoms with Crippen molar-refractivity contribution in [1.29, 1.82) is 0 Å². The molecule has 0 aliphatic heterocycles. The van der Waals surface area contributed by atoms with Crippen molar-refractivity contribution in [2.45, 2.75) is 25.8 Å². The van der Waals surface area contributed by atoms with Crippen LogP contribution in [0, 0.1) is 0 Å². The van der Waals surface area contributed by atoms with Crippen molar-refractivity contribution in [1.82, 2.24) is 10.6 Å². The summed E-state index contributed by atoms with van der Waals surface area (Å²) in [6, 6.07) is 6.37.